The molecule has 1 fully saturated rings. The van der Waals surface area contributed by atoms with Crippen molar-refractivity contribution in [2.24, 2.45) is 5.92 Å². The third kappa shape index (κ3) is 4.64. The van der Waals surface area contributed by atoms with E-state index in [0.717, 1.165) is 5.56 Å². The average molecular weight is 433 g/mol. The predicted molar refractivity (Wildman–Crippen MR) is 118 cm³/mol. The van der Waals surface area contributed by atoms with E-state index in [0.29, 0.717) is 30.2 Å². The Morgan fingerprint density at radius 3 is 2.59 bits per heavy atom. The van der Waals surface area contributed by atoms with Gasteiger partial charge in [-0.2, -0.15) is 0 Å². The molecule has 8 nitrogen and oxygen atoms in total. The van der Waals surface area contributed by atoms with Gasteiger partial charge in [-0.05, 0) is 42.0 Å². The summed E-state index contributed by atoms with van der Waals surface area (Å²) in [7, 11) is 1.55. The highest BCUT2D eigenvalue weighted by Crippen LogP contribution is 2.32. The Kier molecular flexibility index (Phi) is 6.21. The Labute approximate surface area is 185 Å². The van der Waals surface area contributed by atoms with Gasteiger partial charge in [-0.15, -0.1) is 0 Å². The molecule has 2 N–H and O–H groups in total. The number of para-hydroxylation sites is 2. The molecule has 1 saturated heterocycles. The van der Waals surface area contributed by atoms with Crippen molar-refractivity contribution < 1.29 is 23.5 Å². The summed E-state index contributed by atoms with van der Waals surface area (Å²) in [4.78, 5) is 38.8. The minimum Gasteiger partial charge on any atom is -0.495 e. The van der Waals surface area contributed by atoms with Gasteiger partial charge in [0, 0.05) is 25.2 Å². The van der Waals surface area contributed by atoms with E-state index in [1.807, 2.05) is 30.3 Å². The lowest BCUT2D eigenvalue weighted by molar-refractivity contribution is -0.126. The van der Waals surface area contributed by atoms with E-state index in [2.05, 4.69) is 10.6 Å². The van der Waals surface area contributed by atoms with Gasteiger partial charge in [0.15, 0.2) is 5.76 Å². The molecule has 1 aliphatic heterocycles. The maximum absolute atomic E-state index is 12.7. The fourth-order valence-electron chi connectivity index (χ4n) is 3.61. The maximum atomic E-state index is 12.7. The van der Waals surface area contributed by atoms with E-state index in [1.54, 1.807) is 42.3 Å². The van der Waals surface area contributed by atoms with Crippen LogP contribution in [0.25, 0.3) is 0 Å². The molecule has 2 aromatic carbocycles. The first-order valence-electron chi connectivity index (χ1n) is 10.2. The van der Waals surface area contributed by atoms with E-state index in [9.17, 15) is 14.4 Å². The van der Waals surface area contributed by atoms with Crippen LogP contribution in [0, 0.1) is 5.92 Å². The predicted octanol–water partition coefficient (Wildman–Crippen LogP) is 3.21. The van der Waals surface area contributed by atoms with Crippen LogP contribution in [0.2, 0.25) is 0 Å². The number of carbonyl (C=O) groups excluding carboxylic acids is 3. The molecule has 3 aromatic rings. The second kappa shape index (κ2) is 9.38. The summed E-state index contributed by atoms with van der Waals surface area (Å²) >= 11 is 0. The van der Waals surface area contributed by atoms with Crippen molar-refractivity contribution >= 4 is 29.1 Å². The molecule has 0 spiro atoms. The van der Waals surface area contributed by atoms with Crippen molar-refractivity contribution in [2.75, 3.05) is 23.9 Å². The van der Waals surface area contributed by atoms with E-state index in [-0.39, 0.29) is 29.9 Å². The van der Waals surface area contributed by atoms with Crippen molar-refractivity contribution in [3.05, 3.63) is 78.3 Å². The van der Waals surface area contributed by atoms with Gasteiger partial charge in [-0.25, -0.2) is 0 Å². The summed E-state index contributed by atoms with van der Waals surface area (Å²) in [6, 6.07) is 17.6. The Morgan fingerprint density at radius 1 is 1.09 bits per heavy atom. The van der Waals surface area contributed by atoms with Gasteiger partial charge in [0.05, 0.1) is 25.0 Å². The third-order valence-corrected chi connectivity index (χ3v) is 5.30. The highest BCUT2D eigenvalue weighted by atomic mass is 16.5. The molecule has 1 aromatic heterocycles. The number of hydrogen-bond donors (Lipinski definition) is 2. The van der Waals surface area contributed by atoms with Crippen LogP contribution in [0.4, 0.5) is 11.4 Å². The lowest BCUT2D eigenvalue weighted by Crippen LogP contribution is -2.32. The molecule has 2 heterocycles. The molecule has 0 bridgehead atoms. The van der Waals surface area contributed by atoms with Crippen molar-refractivity contribution in [1.29, 1.82) is 0 Å². The molecule has 0 unspecified atom stereocenters. The second-order valence-electron chi connectivity index (χ2n) is 7.42. The number of amides is 3. The number of hydrogen-bond acceptors (Lipinski definition) is 5. The summed E-state index contributed by atoms with van der Waals surface area (Å²) in [6.07, 6.45) is 1.59. The van der Waals surface area contributed by atoms with Gasteiger partial charge in [0.1, 0.15) is 5.75 Å². The molecular formula is C24H23N3O5. The number of benzene rings is 2. The first-order chi connectivity index (χ1) is 15.5. The summed E-state index contributed by atoms with van der Waals surface area (Å²) in [5, 5.41) is 5.64. The molecule has 0 radical (unpaired) electrons. The quantitative estimate of drug-likeness (QED) is 0.596. The minimum atomic E-state index is -0.431. The molecule has 164 valence electrons. The monoisotopic (exact) mass is 433 g/mol. The Balaban J connectivity index is 1.31. The van der Waals surface area contributed by atoms with Crippen LogP contribution in [0.3, 0.4) is 0 Å². The zero-order valence-corrected chi connectivity index (χ0v) is 17.5. The number of furan rings is 1. The van der Waals surface area contributed by atoms with Crippen molar-refractivity contribution in [2.45, 2.75) is 13.0 Å². The number of anilines is 2. The third-order valence-electron chi connectivity index (χ3n) is 5.30. The largest absolute Gasteiger partial charge is 0.495 e. The number of ether oxygens (including phenoxy) is 1. The van der Waals surface area contributed by atoms with Crippen molar-refractivity contribution in [3.63, 3.8) is 0 Å². The molecule has 4 rings (SSSR count). The number of carbonyl (C=O) groups is 3. The molecule has 1 atom stereocenters. The Bertz CT molecular complexity index is 1110. The molecule has 3 amide bonds. The lowest BCUT2D eigenvalue weighted by atomic mass is 10.1. The fourth-order valence-corrected chi connectivity index (χ4v) is 3.61. The summed E-state index contributed by atoms with van der Waals surface area (Å²) in [5.74, 6) is -0.214. The number of nitrogens with zero attached hydrogens (tertiary/aromatic N) is 1. The summed E-state index contributed by atoms with van der Waals surface area (Å²) in [6.45, 7) is 0.632. The van der Waals surface area contributed by atoms with E-state index in [1.165, 1.54) is 6.26 Å². The van der Waals surface area contributed by atoms with E-state index >= 15 is 0 Å². The van der Waals surface area contributed by atoms with E-state index < -0.39 is 5.92 Å². The van der Waals surface area contributed by atoms with Crippen LogP contribution in [-0.2, 0) is 16.1 Å². The molecular weight excluding hydrogens is 410 g/mol. The summed E-state index contributed by atoms with van der Waals surface area (Å²) in [5.41, 5.74) is 2.16. The highest BCUT2D eigenvalue weighted by Gasteiger charge is 2.36. The van der Waals surface area contributed by atoms with Crippen molar-refractivity contribution in [3.8, 4) is 5.75 Å². The zero-order valence-electron chi connectivity index (χ0n) is 17.5. The molecule has 1 aliphatic rings. The highest BCUT2D eigenvalue weighted by molar-refractivity contribution is 6.02. The minimum absolute atomic E-state index is 0.105. The SMILES string of the molecule is COc1ccccc1N1C[C@H](C(=O)NCc2ccc(NC(=O)c3ccco3)cc2)CC1=O. The fraction of sp³-hybridized carbons (Fsp3) is 0.208. The van der Waals surface area contributed by atoms with Crippen LogP contribution >= 0.6 is 0 Å². The number of nitrogens with one attached hydrogen (secondary N) is 2. The van der Waals surface area contributed by atoms with Crippen LogP contribution in [0.1, 0.15) is 22.5 Å². The van der Waals surface area contributed by atoms with Gasteiger partial charge in [-0.1, -0.05) is 24.3 Å². The molecule has 32 heavy (non-hydrogen) atoms. The normalized spacial score (nSPS) is 15.5. The molecule has 8 heteroatoms. The first kappa shape index (κ1) is 21.2. The topological polar surface area (TPSA) is 101 Å². The Hall–Kier alpha value is -4.07. The average Bonchev–Trinajstić information content (AvgIpc) is 3.48. The van der Waals surface area contributed by atoms with Gasteiger partial charge >= 0.3 is 0 Å². The van der Waals surface area contributed by atoms with Crippen LogP contribution < -0.4 is 20.3 Å². The number of rotatable bonds is 7. The van der Waals surface area contributed by atoms with Crippen LogP contribution in [0.5, 0.6) is 5.75 Å². The smallest absolute Gasteiger partial charge is 0.291 e. The maximum Gasteiger partial charge on any atom is 0.291 e. The van der Waals surface area contributed by atoms with E-state index in [4.69, 9.17) is 9.15 Å². The first-order valence-corrected chi connectivity index (χ1v) is 10.2. The Morgan fingerprint density at radius 2 is 1.88 bits per heavy atom. The molecule has 0 aliphatic carbocycles. The number of methoxy groups -OCH3 is 1. The summed E-state index contributed by atoms with van der Waals surface area (Å²) < 4.78 is 10.4. The lowest BCUT2D eigenvalue weighted by Gasteiger charge is -2.19. The zero-order chi connectivity index (χ0) is 22.5. The van der Waals surface area contributed by atoms with Gasteiger partial charge in [-0.3, -0.25) is 14.4 Å². The van der Waals surface area contributed by atoms with Crippen molar-refractivity contribution in [1.82, 2.24) is 5.32 Å². The van der Waals surface area contributed by atoms with Gasteiger partial charge < -0.3 is 24.7 Å². The van der Waals surface area contributed by atoms with Gasteiger partial charge in [0.25, 0.3) is 5.91 Å². The second-order valence-corrected chi connectivity index (χ2v) is 7.42. The molecule has 0 saturated carbocycles. The van der Waals surface area contributed by atoms with Crippen LogP contribution in [0.15, 0.2) is 71.3 Å². The van der Waals surface area contributed by atoms with Crippen LogP contribution in [-0.4, -0.2) is 31.4 Å². The standard InChI is InChI=1S/C24H23N3O5/c1-31-20-6-3-2-5-19(20)27-15-17(13-22(27)28)23(29)25-14-16-8-10-18(11-9-16)26-24(30)21-7-4-12-32-21/h2-12,17H,13-15H2,1H3,(H,25,29)(H,26,30)/t17-/m1/s1. The van der Waals surface area contributed by atoms with Gasteiger partial charge in [0.2, 0.25) is 11.8 Å².